The van der Waals surface area contributed by atoms with Gasteiger partial charge in [-0.25, -0.2) is 0 Å². The van der Waals surface area contributed by atoms with E-state index in [1.54, 1.807) is 18.2 Å². The number of nitrogens with zero attached hydrogens (tertiary/aromatic N) is 3. The van der Waals surface area contributed by atoms with E-state index in [2.05, 4.69) is 10.3 Å². The van der Waals surface area contributed by atoms with Gasteiger partial charge < -0.3 is 10.2 Å². The van der Waals surface area contributed by atoms with E-state index in [0.717, 1.165) is 16.8 Å². The lowest BCUT2D eigenvalue weighted by Gasteiger charge is -2.39. The van der Waals surface area contributed by atoms with Crippen molar-refractivity contribution in [1.29, 1.82) is 0 Å². The van der Waals surface area contributed by atoms with E-state index in [9.17, 15) is 24.5 Å². The number of amides is 1. The Morgan fingerprint density at radius 3 is 2.31 bits per heavy atom. The number of rotatable bonds is 5. The third-order valence-electron chi connectivity index (χ3n) is 8.76. The molecule has 1 saturated heterocycles. The van der Waals surface area contributed by atoms with Gasteiger partial charge in [0.15, 0.2) is 11.6 Å². The molecule has 9 heteroatoms. The Bertz CT molecular complexity index is 1830. The van der Waals surface area contributed by atoms with Gasteiger partial charge >= 0.3 is 0 Å². The van der Waals surface area contributed by atoms with Crippen LogP contribution in [0.5, 0.6) is 0 Å². The Balaban J connectivity index is 1.53. The predicted molar refractivity (Wildman–Crippen MR) is 156 cm³/mol. The number of non-ortho nitro benzene ring substituents is 1. The fraction of sp³-hybridized carbons (Fsp3) is 0.152. The maximum atomic E-state index is 14.7. The van der Waals surface area contributed by atoms with Crippen molar-refractivity contribution in [3.63, 3.8) is 0 Å². The SMILES string of the molecule is CC1=CC2N(c3ccccc31)C(C(=O)c1ccc([N+](=O)[O-])cc1)C(C(=O)c1ccncc1)C21C(=O)Nc2ccccc21. The number of nitro groups is 1. The molecule has 0 saturated carbocycles. The Morgan fingerprint density at radius 2 is 1.57 bits per heavy atom. The molecule has 42 heavy (non-hydrogen) atoms. The van der Waals surface area contributed by atoms with Crippen LogP contribution in [0.1, 0.15) is 38.8 Å². The van der Waals surface area contributed by atoms with Crippen LogP contribution in [-0.4, -0.2) is 39.5 Å². The molecule has 1 aromatic heterocycles. The monoisotopic (exact) mass is 556 g/mol. The number of hydrogen-bond acceptors (Lipinski definition) is 7. The molecule has 4 atom stereocenters. The lowest BCUT2D eigenvalue weighted by atomic mass is 9.64. The summed E-state index contributed by atoms with van der Waals surface area (Å²) in [6.45, 7) is 1.97. The average molecular weight is 557 g/mol. The number of carbonyl (C=O) groups excluding carboxylic acids is 3. The summed E-state index contributed by atoms with van der Waals surface area (Å²) in [5.41, 5.74) is 2.78. The summed E-state index contributed by atoms with van der Waals surface area (Å²) < 4.78 is 0. The van der Waals surface area contributed by atoms with Crippen LogP contribution in [0.25, 0.3) is 5.57 Å². The van der Waals surface area contributed by atoms with Gasteiger partial charge in [-0.2, -0.15) is 0 Å². The van der Waals surface area contributed by atoms with Crippen LogP contribution in [-0.2, 0) is 10.2 Å². The molecule has 7 rings (SSSR count). The zero-order valence-electron chi connectivity index (χ0n) is 22.4. The number of anilines is 2. The topological polar surface area (TPSA) is 123 Å². The first-order chi connectivity index (χ1) is 20.3. The van der Waals surface area contributed by atoms with Crippen molar-refractivity contribution in [3.8, 4) is 0 Å². The number of nitrogens with one attached hydrogen (secondary N) is 1. The highest BCUT2D eigenvalue weighted by atomic mass is 16.6. The molecule has 1 spiro atoms. The largest absolute Gasteiger partial charge is 0.352 e. The number of aromatic nitrogens is 1. The summed E-state index contributed by atoms with van der Waals surface area (Å²) >= 11 is 0. The van der Waals surface area contributed by atoms with Crippen LogP contribution in [0.3, 0.4) is 0 Å². The fourth-order valence-electron chi connectivity index (χ4n) is 7.00. The Morgan fingerprint density at radius 1 is 0.905 bits per heavy atom. The zero-order valence-corrected chi connectivity index (χ0v) is 22.4. The zero-order chi connectivity index (χ0) is 29.2. The van der Waals surface area contributed by atoms with Crippen molar-refractivity contribution in [2.24, 2.45) is 5.92 Å². The number of benzene rings is 3. The molecular weight excluding hydrogens is 532 g/mol. The molecule has 0 aliphatic carbocycles. The van der Waals surface area contributed by atoms with E-state index >= 15 is 0 Å². The number of carbonyl (C=O) groups is 3. The minimum atomic E-state index is -1.44. The van der Waals surface area contributed by atoms with Gasteiger partial charge in [-0.05, 0) is 54.5 Å². The molecule has 4 heterocycles. The van der Waals surface area contributed by atoms with Crippen LogP contribution in [0.4, 0.5) is 17.1 Å². The smallest absolute Gasteiger partial charge is 0.269 e. The highest BCUT2D eigenvalue weighted by Crippen LogP contribution is 2.58. The second kappa shape index (κ2) is 9.31. The van der Waals surface area contributed by atoms with Crippen molar-refractivity contribution in [2.45, 2.75) is 24.4 Å². The number of ketones is 2. The molecule has 3 aliphatic heterocycles. The maximum absolute atomic E-state index is 14.7. The number of hydrogen-bond donors (Lipinski definition) is 1. The van der Waals surface area contributed by atoms with E-state index in [4.69, 9.17) is 0 Å². The summed E-state index contributed by atoms with van der Waals surface area (Å²) in [4.78, 5) is 60.5. The van der Waals surface area contributed by atoms with Crippen molar-refractivity contribution >= 4 is 40.1 Å². The van der Waals surface area contributed by atoms with Crippen molar-refractivity contribution in [3.05, 3.63) is 136 Å². The van der Waals surface area contributed by atoms with E-state index < -0.39 is 34.1 Å². The molecule has 3 aromatic carbocycles. The Labute approximate surface area is 240 Å². The Kier molecular flexibility index (Phi) is 5.65. The van der Waals surface area contributed by atoms with Gasteiger partial charge in [0.05, 0.1) is 16.9 Å². The number of fused-ring (bicyclic) bond motifs is 6. The van der Waals surface area contributed by atoms with Crippen LogP contribution in [0.2, 0.25) is 0 Å². The predicted octanol–water partition coefficient (Wildman–Crippen LogP) is 5.24. The molecule has 1 N–H and O–H groups in total. The number of allylic oxidation sites excluding steroid dienone is 1. The van der Waals surface area contributed by atoms with Crippen molar-refractivity contribution < 1.29 is 19.3 Å². The quantitative estimate of drug-likeness (QED) is 0.203. The van der Waals surface area contributed by atoms with Crippen LogP contribution in [0, 0.1) is 16.0 Å². The van der Waals surface area contributed by atoms with Crippen LogP contribution >= 0.6 is 0 Å². The summed E-state index contributed by atoms with van der Waals surface area (Å²) in [7, 11) is 0. The summed E-state index contributed by atoms with van der Waals surface area (Å²) in [5, 5.41) is 14.3. The molecule has 1 amide bonds. The van der Waals surface area contributed by atoms with Gasteiger partial charge in [0, 0.05) is 52.6 Å². The van der Waals surface area contributed by atoms with Crippen LogP contribution in [0.15, 0.2) is 103 Å². The minimum absolute atomic E-state index is 0.150. The third kappa shape index (κ3) is 3.43. The molecule has 3 aliphatic rings. The van der Waals surface area contributed by atoms with Gasteiger partial charge in [-0.3, -0.25) is 29.5 Å². The summed E-state index contributed by atoms with van der Waals surface area (Å²) in [6.07, 6.45) is 5.01. The third-order valence-corrected chi connectivity index (χ3v) is 8.76. The van der Waals surface area contributed by atoms with E-state index in [-0.39, 0.29) is 22.9 Å². The fourth-order valence-corrected chi connectivity index (χ4v) is 7.00. The Hall–Kier alpha value is -5.44. The minimum Gasteiger partial charge on any atom is -0.352 e. The van der Waals surface area contributed by atoms with Gasteiger partial charge in [-0.1, -0.05) is 42.5 Å². The molecular formula is C33H24N4O5. The lowest BCUT2D eigenvalue weighted by molar-refractivity contribution is -0.384. The second-order valence-corrected chi connectivity index (χ2v) is 10.8. The lowest BCUT2D eigenvalue weighted by Crippen LogP contribution is -2.51. The van der Waals surface area contributed by atoms with Crippen LogP contribution < -0.4 is 10.2 Å². The number of pyridine rings is 1. The van der Waals surface area contributed by atoms with Gasteiger partial charge in [0.25, 0.3) is 5.69 Å². The average Bonchev–Trinajstić information content (AvgIpc) is 3.49. The number of Topliss-reactive ketones (excluding diaryl/α,β-unsaturated/α-hetero) is 2. The van der Waals surface area contributed by atoms with Crippen molar-refractivity contribution in [2.75, 3.05) is 10.2 Å². The molecule has 9 nitrogen and oxygen atoms in total. The standard InChI is InChI=1S/C33H24N4O5/c1-19-18-27-33(24-7-3-4-8-25(24)35-32(33)40)28(30(38)21-14-16-34-17-15-21)29(36(27)26-9-5-2-6-23(19)26)31(39)20-10-12-22(13-11-20)37(41)42/h2-18,27-29H,1H3,(H,35,40). The highest BCUT2D eigenvalue weighted by molar-refractivity contribution is 6.18. The molecule has 1 fully saturated rings. The second-order valence-electron chi connectivity index (χ2n) is 10.8. The first-order valence-electron chi connectivity index (χ1n) is 13.5. The molecule has 206 valence electrons. The molecule has 0 radical (unpaired) electrons. The van der Waals surface area contributed by atoms with Gasteiger partial charge in [0.2, 0.25) is 5.91 Å². The van der Waals surface area contributed by atoms with Gasteiger partial charge in [0.1, 0.15) is 11.5 Å². The van der Waals surface area contributed by atoms with Crippen molar-refractivity contribution in [1.82, 2.24) is 4.98 Å². The van der Waals surface area contributed by atoms with Gasteiger partial charge in [-0.15, -0.1) is 0 Å². The number of para-hydroxylation sites is 2. The normalized spacial score (nSPS) is 23.5. The molecule has 4 aromatic rings. The maximum Gasteiger partial charge on any atom is 0.269 e. The van der Waals surface area contributed by atoms with E-state index in [1.165, 1.54) is 36.7 Å². The van der Waals surface area contributed by atoms with E-state index in [1.807, 2.05) is 60.4 Å². The highest BCUT2D eigenvalue weighted by Gasteiger charge is 2.70. The first-order valence-corrected chi connectivity index (χ1v) is 13.5. The van der Waals surface area contributed by atoms with E-state index in [0.29, 0.717) is 16.8 Å². The molecule has 4 unspecified atom stereocenters. The molecule has 0 bridgehead atoms. The summed E-state index contributed by atoms with van der Waals surface area (Å²) in [5.74, 6) is -2.25. The summed E-state index contributed by atoms with van der Waals surface area (Å²) in [6, 6.07) is 21.7. The first kappa shape index (κ1) is 25.5. The number of nitro benzene ring substituents is 1.